The van der Waals surface area contributed by atoms with Crippen molar-refractivity contribution in [2.45, 2.75) is 12.7 Å². The third-order valence-corrected chi connectivity index (χ3v) is 4.00. The van der Waals surface area contributed by atoms with Crippen molar-refractivity contribution in [3.05, 3.63) is 52.3 Å². The minimum Gasteiger partial charge on any atom is -0.842 e. The van der Waals surface area contributed by atoms with Crippen LogP contribution in [0.5, 0.6) is 5.88 Å². The fourth-order valence-electron chi connectivity index (χ4n) is 2.23. The van der Waals surface area contributed by atoms with Gasteiger partial charge in [-0.15, -0.1) is 0 Å². The summed E-state index contributed by atoms with van der Waals surface area (Å²) >= 11 is 0.913. The lowest BCUT2D eigenvalue weighted by atomic mass is 10.1. The molecule has 0 atom stereocenters. The molecule has 114 valence electrons. The van der Waals surface area contributed by atoms with E-state index in [0.717, 1.165) is 15.7 Å². The van der Waals surface area contributed by atoms with E-state index in [1.165, 1.54) is 23.7 Å². The van der Waals surface area contributed by atoms with Gasteiger partial charge in [-0.3, -0.25) is 0 Å². The van der Waals surface area contributed by atoms with Crippen molar-refractivity contribution in [1.29, 1.82) is 0 Å². The molecule has 1 aromatic carbocycles. The van der Waals surface area contributed by atoms with Gasteiger partial charge in [0, 0.05) is 5.38 Å². The Bertz CT molecular complexity index is 885. The summed E-state index contributed by atoms with van der Waals surface area (Å²) in [6.45, 7) is -1.43. The minimum absolute atomic E-state index is 0.0352. The molecule has 3 aromatic rings. The van der Waals surface area contributed by atoms with Gasteiger partial charge in [-0.1, -0.05) is 41.7 Å². The average molecular weight is 326 g/mol. The molecule has 0 unspecified atom stereocenters. The van der Waals surface area contributed by atoms with E-state index in [1.807, 2.05) is 0 Å². The molecule has 4 nitrogen and oxygen atoms in total. The Kier molecular flexibility index (Phi) is 3.40. The standard InChI is InChI=1S/C14H9F3N2O2S/c15-14(16,17)8-19-12(21)10(9-4-2-1-3-5-9)11(20)18-6-7-22-13(18)19/h1-7H,8H2. The maximum absolute atomic E-state index is 12.7. The Morgan fingerprint density at radius 1 is 1.23 bits per heavy atom. The average Bonchev–Trinajstić information content (AvgIpc) is 2.93. The number of hydrogen-bond acceptors (Lipinski definition) is 3. The lowest BCUT2D eigenvalue weighted by molar-refractivity contribution is -0.732. The first-order valence-corrected chi connectivity index (χ1v) is 7.11. The van der Waals surface area contributed by atoms with Crippen molar-refractivity contribution < 1.29 is 22.8 Å². The highest BCUT2D eigenvalue weighted by Crippen LogP contribution is 2.24. The van der Waals surface area contributed by atoms with Crippen LogP contribution < -0.4 is 15.2 Å². The molecule has 0 saturated heterocycles. The zero-order valence-electron chi connectivity index (χ0n) is 11.0. The SMILES string of the molecule is O=c1c(-c2ccccc2)c([O-])[n+](CC(F)(F)F)c2sccn12. The van der Waals surface area contributed by atoms with E-state index in [-0.39, 0.29) is 10.5 Å². The molecule has 0 saturated carbocycles. The number of rotatable bonds is 2. The summed E-state index contributed by atoms with van der Waals surface area (Å²) in [6, 6.07) is 7.97. The van der Waals surface area contributed by atoms with Crippen molar-refractivity contribution >= 4 is 16.3 Å². The molecule has 2 heterocycles. The van der Waals surface area contributed by atoms with E-state index in [9.17, 15) is 23.1 Å². The van der Waals surface area contributed by atoms with Crippen LogP contribution in [-0.4, -0.2) is 10.6 Å². The number of nitrogens with zero attached hydrogens (tertiary/aromatic N) is 2. The maximum atomic E-state index is 12.7. The second-order valence-electron chi connectivity index (χ2n) is 4.61. The highest BCUT2D eigenvalue weighted by Gasteiger charge is 2.34. The van der Waals surface area contributed by atoms with Crippen molar-refractivity contribution in [2.24, 2.45) is 0 Å². The van der Waals surface area contributed by atoms with Gasteiger partial charge in [-0.25, -0.2) is 9.36 Å². The third-order valence-electron chi connectivity index (χ3n) is 3.11. The normalized spacial score (nSPS) is 12.0. The molecule has 3 rings (SSSR count). The van der Waals surface area contributed by atoms with E-state index in [0.29, 0.717) is 10.1 Å². The topological polar surface area (TPSA) is 48.4 Å². The fraction of sp³-hybridized carbons (Fsp3) is 0.143. The molecule has 0 bridgehead atoms. The molecule has 8 heteroatoms. The Morgan fingerprint density at radius 2 is 1.91 bits per heavy atom. The largest absolute Gasteiger partial charge is 0.842 e. The van der Waals surface area contributed by atoms with Gasteiger partial charge in [0.25, 0.3) is 0 Å². The zero-order valence-corrected chi connectivity index (χ0v) is 11.8. The van der Waals surface area contributed by atoms with Crippen LogP contribution in [0.3, 0.4) is 0 Å². The molecular weight excluding hydrogens is 317 g/mol. The van der Waals surface area contributed by atoms with Crippen LogP contribution in [-0.2, 0) is 6.54 Å². The first-order valence-electron chi connectivity index (χ1n) is 6.23. The first-order chi connectivity index (χ1) is 10.4. The van der Waals surface area contributed by atoms with E-state index in [2.05, 4.69) is 0 Å². The summed E-state index contributed by atoms with van der Waals surface area (Å²) in [4.78, 5) is 12.4. The number of benzene rings is 1. The number of halogens is 3. The maximum Gasteiger partial charge on any atom is 0.426 e. The van der Waals surface area contributed by atoms with Crippen molar-refractivity contribution in [2.75, 3.05) is 0 Å². The van der Waals surface area contributed by atoms with Gasteiger partial charge in [0.2, 0.25) is 0 Å². The molecule has 0 fully saturated rings. The van der Waals surface area contributed by atoms with Crippen LogP contribution in [0, 0.1) is 0 Å². The molecule has 0 amide bonds. The van der Waals surface area contributed by atoms with Gasteiger partial charge in [0.1, 0.15) is 11.8 Å². The molecular formula is C14H9F3N2O2S. The third kappa shape index (κ3) is 2.45. The number of fused-ring (bicyclic) bond motifs is 1. The van der Waals surface area contributed by atoms with E-state index in [4.69, 9.17) is 0 Å². The quantitative estimate of drug-likeness (QED) is 0.676. The highest BCUT2D eigenvalue weighted by atomic mass is 32.1. The molecule has 0 radical (unpaired) electrons. The van der Waals surface area contributed by atoms with Gasteiger partial charge in [-0.05, 0) is 5.56 Å². The molecule has 0 aliphatic heterocycles. The van der Waals surface area contributed by atoms with Crippen LogP contribution in [0.2, 0.25) is 0 Å². The number of aromatic nitrogens is 2. The minimum atomic E-state index is -4.56. The van der Waals surface area contributed by atoms with Crippen molar-refractivity contribution in [3.63, 3.8) is 0 Å². The second-order valence-corrected chi connectivity index (χ2v) is 5.48. The summed E-state index contributed by atoms with van der Waals surface area (Å²) in [7, 11) is 0. The molecule has 0 aliphatic carbocycles. The van der Waals surface area contributed by atoms with Crippen molar-refractivity contribution in [1.82, 2.24) is 4.40 Å². The Morgan fingerprint density at radius 3 is 2.55 bits per heavy atom. The van der Waals surface area contributed by atoms with E-state index in [1.54, 1.807) is 18.2 Å². The van der Waals surface area contributed by atoms with Crippen LogP contribution >= 0.6 is 11.3 Å². The summed E-state index contributed by atoms with van der Waals surface area (Å²) in [5.74, 6) is -0.934. The van der Waals surface area contributed by atoms with Gasteiger partial charge in [0.05, 0.1) is 5.88 Å². The van der Waals surface area contributed by atoms with Gasteiger partial charge in [0.15, 0.2) is 6.54 Å². The van der Waals surface area contributed by atoms with Gasteiger partial charge in [-0.2, -0.15) is 17.6 Å². The number of hydrogen-bond donors (Lipinski definition) is 0. The summed E-state index contributed by atoms with van der Waals surface area (Å²) in [5, 5.41) is 13.9. The molecule has 0 spiro atoms. The first kappa shape index (κ1) is 14.6. The monoisotopic (exact) mass is 326 g/mol. The highest BCUT2D eigenvalue weighted by molar-refractivity contribution is 7.14. The fourth-order valence-corrected chi connectivity index (χ4v) is 3.06. The van der Waals surface area contributed by atoms with Crippen LogP contribution in [0.15, 0.2) is 46.7 Å². The Hall–Kier alpha value is -2.35. The summed E-state index contributed by atoms with van der Waals surface area (Å²) < 4.78 is 39.9. The summed E-state index contributed by atoms with van der Waals surface area (Å²) in [5.41, 5.74) is -0.583. The second kappa shape index (κ2) is 5.13. The molecule has 22 heavy (non-hydrogen) atoms. The summed E-state index contributed by atoms with van der Waals surface area (Å²) in [6.07, 6.45) is -3.19. The molecule has 0 aliphatic rings. The lowest BCUT2D eigenvalue weighted by Gasteiger charge is -2.16. The van der Waals surface area contributed by atoms with Crippen LogP contribution in [0.25, 0.3) is 16.1 Å². The molecule has 2 aromatic heterocycles. The lowest BCUT2D eigenvalue weighted by Crippen LogP contribution is -2.47. The zero-order chi connectivity index (χ0) is 15.9. The van der Waals surface area contributed by atoms with Gasteiger partial charge < -0.3 is 5.11 Å². The van der Waals surface area contributed by atoms with E-state index < -0.39 is 24.2 Å². The number of thiazole rings is 1. The Balaban J connectivity index is 2.36. The van der Waals surface area contributed by atoms with Crippen LogP contribution in [0.1, 0.15) is 0 Å². The molecule has 0 N–H and O–H groups in total. The van der Waals surface area contributed by atoms with E-state index >= 15 is 0 Å². The predicted molar refractivity (Wildman–Crippen MR) is 72.7 cm³/mol. The smallest absolute Gasteiger partial charge is 0.426 e. The predicted octanol–water partition coefficient (Wildman–Crippen LogP) is 1.95. The number of alkyl halides is 3. The van der Waals surface area contributed by atoms with Crippen molar-refractivity contribution in [3.8, 4) is 17.0 Å². The van der Waals surface area contributed by atoms with Gasteiger partial charge >= 0.3 is 16.7 Å². The Labute approximate surface area is 126 Å². The van der Waals surface area contributed by atoms with Crippen LogP contribution in [0.4, 0.5) is 13.2 Å².